The molecule has 0 aliphatic rings. The summed E-state index contributed by atoms with van der Waals surface area (Å²) in [4.78, 5) is 14.7. The fraction of sp³-hybridized carbons (Fsp3) is 0.0667. The van der Waals surface area contributed by atoms with E-state index in [-0.39, 0.29) is 5.69 Å². The predicted molar refractivity (Wildman–Crippen MR) is 87.6 cm³/mol. The highest BCUT2D eigenvalue weighted by atomic mass is 32.2. The Morgan fingerprint density at radius 2 is 1.95 bits per heavy atom. The Morgan fingerprint density at radius 3 is 2.64 bits per heavy atom. The van der Waals surface area contributed by atoms with Crippen LogP contribution in [0.5, 0.6) is 0 Å². The molecule has 3 aromatic rings. The zero-order valence-corrected chi connectivity index (χ0v) is 12.5. The number of para-hydroxylation sites is 2. The largest absolute Gasteiger partial charge is 0.269 e. The molecule has 0 unspecified atom stereocenters. The molecule has 3 rings (SSSR count). The lowest BCUT2D eigenvalue weighted by molar-refractivity contribution is -0.384. The molecule has 0 aliphatic heterocycles. The first-order chi connectivity index (χ1) is 10.7. The number of fused-ring (bicyclic) bond motifs is 1. The highest BCUT2D eigenvalue weighted by Crippen LogP contribution is 2.22. The summed E-state index contributed by atoms with van der Waals surface area (Å²) in [5.41, 5.74) is 2.66. The van der Waals surface area contributed by atoms with Crippen LogP contribution >= 0.6 is 11.8 Å². The van der Waals surface area contributed by atoms with E-state index in [0.29, 0.717) is 0 Å². The molecule has 0 radical (unpaired) electrons. The molecule has 0 amide bonds. The Labute approximate surface area is 130 Å². The Hall–Kier alpha value is -2.67. The average molecular weight is 312 g/mol. The molecular weight excluding hydrogens is 300 g/mol. The molecule has 0 saturated heterocycles. The van der Waals surface area contributed by atoms with Crippen LogP contribution in [0.15, 0.2) is 58.8 Å². The fourth-order valence-electron chi connectivity index (χ4n) is 2.04. The van der Waals surface area contributed by atoms with Gasteiger partial charge in [-0.2, -0.15) is 5.10 Å². The number of benzene rings is 2. The smallest absolute Gasteiger partial charge is 0.258 e. The fourth-order valence-corrected chi connectivity index (χ4v) is 2.55. The number of nitro benzene ring substituents is 1. The molecule has 110 valence electrons. The Morgan fingerprint density at radius 1 is 1.23 bits per heavy atom. The summed E-state index contributed by atoms with van der Waals surface area (Å²) in [5.74, 6) is 0. The number of non-ortho nitro benzene ring substituents is 1. The first kappa shape index (κ1) is 14.3. The standard InChI is InChI=1S/C15H12N4O2S/c1-22-15-17-13-4-2-3-5-14(13)18(15)16-10-11-6-8-12(9-7-11)19(20)21/h2-10H,1H3. The molecule has 2 aromatic carbocycles. The third-order valence-electron chi connectivity index (χ3n) is 3.12. The molecule has 0 atom stereocenters. The SMILES string of the molecule is CSc1nc2ccccc2n1N=Cc1ccc([N+](=O)[O-])cc1. The highest BCUT2D eigenvalue weighted by molar-refractivity contribution is 7.98. The zero-order valence-electron chi connectivity index (χ0n) is 11.7. The molecule has 0 saturated carbocycles. The van der Waals surface area contributed by atoms with Gasteiger partial charge in [-0.25, -0.2) is 9.66 Å². The minimum atomic E-state index is -0.421. The number of thioether (sulfide) groups is 1. The summed E-state index contributed by atoms with van der Waals surface area (Å²) >= 11 is 1.51. The van der Waals surface area contributed by atoms with Gasteiger partial charge in [0.25, 0.3) is 5.69 Å². The Bertz CT molecular complexity index is 856. The summed E-state index contributed by atoms with van der Waals surface area (Å²) in [6.07, 6.45) is 3.61. The van der Waals surface area contributed by atoms with E-state index in [9.17, 15) is 10.1 Å². The van der Waals surface area contributed by atoms with Crippen molar-refractivity contribution in [2.75, 3.05) is 6.26 Å². The summed E-state index contributed by atoms with van der Waals surface area (Å²) in [6, 6.07) is 14.0. The van der Waals surface area contributed by atoms with Crippen molar-refractivity contribution in [3.05, 3.63) is 64.2 Å². The number of aromatic nitrogens is 2. The summed E-state index contributed by atoms with van der Waals surface area (Å²) in [7, 11) is 0. The van der Waals surface area contributed by atoms with Crippen LogP contribution < -0.4 is 0 Å². The molecule has 0 N–H and O–H groups in total. The minimum Gasteiger partial charge on any atom is -0.258 e. The van der Waals surface area contributed by atoms with Crippen molar-refractivity contribution >= 4 is 34.7 Å². The number of hydrogen-bond donors (Lipinski definition) is 0. The van der Waals surface area contributed by atoms with Gasteiger partial charge >= 0.3 is 0 Å². The van der Waals surface area contributed by atoms with Crippen LogP contribution in [-0.4, -0.2) is 27.1 Å². The molecule has 0 fully saturated rings. The zero-order chi connectivity index (χ0) is 15.5. The van der Waals surface area contributed by atoms with Crippen LogP contribution in [0.25, 0.3) is 11.0 Å². The van der Waals surface area contributed by atoms with Gasteiger partial charge in [0.1, 0.15) is 0 Å². The van der Waals surface area contributed by atoms with Crippen LogP contribution in [0.4, 0.5) is 5.69 Å². The van der Waals surface area contributed by atoms with Gasteiger partial charge in [0.2, 0.25) is 0 Å². The van der Waals surface area contributed by atoms with Gasteiger partial charge in [0.05, 0.1) is 22.2 Å². The van der Waals surface area contributed by atoms with Crippen molar-refractivity contribution in [2.45, 2.75) is 5.16 Å². The maximum absolute atomic E-state index is 10.6. The molecule has 1 aromatic heterocycles. The lowest BCUT2D eigenvalue weighted by Gasteiger charge is -1.99. The normalized spacial score (nSPS) is 11.3. The average Bonchev–Trinajstić information content (AvgIpc) is 2.91. The van der Waals surface area contributed by atoms with Crippen molar-refractivity contribution < 1.29 is 4.92 Å². The molecule has 6 nitrogen and oxygen atoms in total. The maximum Gasteiger partial charge on any atom is 0.269 e. The number of hydrogen-bond acceptors (Lipinski definition) is 5. The molecule has 0 bridgehead atoms. The van der Waals surface area contributed by atoms with Crippen molar-refractivity contribution in [1.82, 2.24) is 9.66 Å². The second kappa shape index (κ2) is 5.98. The minimum absolute atomic E-state index is 0.0648. The van der Waals surface area contributed by atoms with E-state index in [1.807, 2.05) is 30.5 Å². The van der Waals surface area contributed by atoms with Gasteiger partial charge < -0.3 is 0 Å². The van der Waals surface area contributed by atoms with E-state index in [2.05, 4.69) is 10.1 Å². The van der Waals surface area contributed by atoms with Crippen LogP contribution in [0.1, 0.15) is 5.56 Å². The van der Waals surface area contributed by atoms with Gasteiger partial charge in [-0.3, -0.25) is 10.1 Å². The van der Waals surface area contributed by atoms with Gasteiger partial charge in [-0.05, 0) is 36.1 Å². The number of nitro groups is 1. The molecule has 1 heterocycles. The number of nitrogens with zero attached hydrogens (tertiary/aromatic N) is 4. The van der Waals surface area contributed by atoms with E-state index in [1.54, 1.807) is 23.0 Å². The van der Waals surface area contributed by atoms with Crippen LogP contribution in [0.3, 0.4) is 0 Å². The second-order valence-corrected chi connectivity index (χ2v) is 5.27. The van der Waals surface area contributed by atoms with E-state index >= 15 is 0 Å². The third kappa shape index (κ3) is 2.71. The molecule has 0 spiro atoms. The molecule has 7 heteroatoms. The summed E-state index contributed by atoms with van der Waals surface area (Å²) < 4.78 is 1.77. The van der Waals surface area contributed by atoms with E-state index < -0.39 is 4.92 Å². The van der Waals surface area contributed by atoms with Gasteiger partial charge in [0.15, 0.2) is 5.16 Å². The first-order valence-electron chi connectivity index (χ1n) is 6.49. The first-order valence-corrected chi connectivity index (χ1v) is 7.72. The van der Waals surface area contributed by atoms with Gasteiger partial charge in [0, 0.05) is 12.1 Å². The predicted octanol–water partition coefficient (Wildman–Crippen LogP) is 3.55. The van der Waals surface area contributed by atoms with Crippen molar-refractivity contribution in [3.8, 4) is 0 Å². The summed E-state index contributed by atoms with van der Waals surface area (Å²) in [5, 5.41) is 15.9. The lowest BCUT2D eigenvalue weighted by Crippen LogP contribution is -1.93. The third-order valence-corrected chi connectivity index (χ3v) is 3.75. The van der Waals surface area contributed by atoms with Gasteiger partial charge in [-0.1, -0.05) is 23.9 Å². The Balaban J connectivity index is 1.96. The molecule has 22 heavy (non-hydrogen) atoms. The Kier molecular flexibility index (Phi) is 3.88. The second-order valence-electron chi connectivity index (χ2n) is 4.49. The van der Waals surface area contributed by atoms with Crippen LogP contribution in [-0.2, 0) is 0 Å². The highest BCUT2D eigenvalue weighted by Gasteiger charge is 2.08. The van der Waals surface area contributed by atoms with Crippen molar-refractivity contribution in [2.24, 2.45) is 5.10 Å². The van der Waals surface area contributed by atoms with E-state index in [1.165, 1.54) is 23.9 Å². The topological polar surface area (TPSA) is 73.3 Å². The summed E-state index contributed by atoms with van der Waals surface area (Å²) in [6.45, 7) is 0. The van der Waals surface area contributed by atoms with E-state index in [0.717, 1.165) is 21.8 Å². The maximum atomic E-state index is 10.6. The van der Waals surface area contributed by atoms with E-state index in [4.69, 9.17) is 0 Å². The number of rotatable bonds is 4. The van der Waals surface area contributed by atoms with Crippen molar-refractivity contribution in [3.63, 3.8) is 0 Å². The molecular formula is C15H12N4O2S. The van der Waals surface area contributed by atoms with Crippen LogP contribution in [0.2, 0.25) is 0 Å². The monoisotopic (exact) mass is 312 g/mol. The number of imidazole rings is 1. The van der Waals surface area contributed by atoms with Crippen molar-refractivity contribution in [1.29, 1.82) is 0 Å². The van der Waals surface area contributed by atoms with Gasteiger partial charge in [-0.15, -0.1) is 0 Å². The van der Waals surface area contributed by atoms with Crippen LogP contribution in [0, 0.1) is 10.1 Å². The molecule has 0 aliphatic carbocycles. The lowest BCUT2D eigenvalue weighted by atomic mass is 10.2. The quantitative estimate of drug-likeness (QED) is 0.319.